The van der Waals surface area contributed by atoms with Crippen LogP contribution in [-0.4, -0.2) is 23.7 Å². The van der Waals surface area contributed by atoms with Crippen LogP contribution in [0.5, 0.6) is 0 Å². The molecule has 1 saturated heterocycles. The molecule has 16 heavy (non-hydrogen) atoms. The summed E-state index contributed by atoms with van der Waals surface area (Å²) in [6.07, 6.45) is 9.06. The van der Waals surface area contributed by atoms with Gasteiger partial charge in [0.15, 0.2) is 0 Å². The van der Waals surface area contributed by atoms with Crippen LogP contribution in [-0.2, 0) is 4.79 Å². The van der Waals surface area contributed by atoms with E-state index < -0.39 is 5.97 Å². The Morgan fingerprint density at radius 2 is 2.00 bits per heavy atom. The predicted molar refractivity (Wildman–Crippen MR) is 61.2 cm³/mol. The van der Waals surface area contributed by atoms with E-state index >= 15 is 0 Å². The van der Waals surface area contributed by atoms with Gasteiger partial charge >= 0.3 is 5.97 Å². The van der Waals surface area contributed by atoms with Crippen molar-refractivity contribution in [2.75, 3.05) is 6.54 Å². The third-order valence-corrected chi connectivity index (χ3v) is 5.32. The lowest BCUT2D eigenvalue weighted by Crippen LogP contribution is -2.45. The average Bonchev–Trinajstić information content (AvgIpc) is 2.84. The first kappa shape index (κ1) is 10.6. The quantitative estimate of drug-likeness (QED) is 0.753. The van der Waals surface area contributed by atoms with Crippen molar-refractivity contribution in [1.82, 2.24) is 5.32 Å². The maximum absolute atomic E-state index is 11.0. The summed E-state index contributed by atoms with van der Waals surface area (Å²) in [5, 5.41) is 12.3. The summed E-state index contributed by atoms with van der Waals surface area (Å²) in [5.41, 5.74) is 0.359. The summed E-state index contributed by atoms with van der Waals surface area (Å²) in [5.74, 6) is 1.07. The summed E-state index contributed by atoms with van der Waals surface area (Å²) in [6.45, 7) is 0.950. The maximum atomic E-state index is 11.0. The molecule has 3 heteroatoms. The molecule has 0 radical (unpaired) electrons. The second kappa shape index (κ2) is 3.73. The zero-order valence-electron chi connectivity index (χ0n) is 9.74. The fourth-order valence-corrected chi connectivity index (χ4v) is 4.34. The molecule has 0 aromatic rings. The highest BCUT2D eigenvalue weighted by Crippen LogP contribution is 2.58. The summed E-state index contributed by atoms with van der Waals surface area (Å²) in [6, 6.07) is -0.274. The Labute approximate surface area is 96.6 Å². The molecule has 1 spiro atoms. The van der Waals surface area contributed by atoms with Crippen molar-refractivity contribution >= 4 is 5.97 Å². The molecule has 90 valence electrons. The van der Waals surface area contributed by atoms with Gasteiger partial charge in [0.05, 0.1) is 0 Å². The van der Waals surface area contributed by atoms with E-state index in [2.05, 4.69) is 5.32 Å². The van der Waals surface area contributed by atoms with Crippen LogP contribution in [0.15, 0.2) is 0 Å². The predicted octanol–water partition coefficient (Wildman–Crippen LogP) is 2.02. The number of hydrogen-bond donors (Lipinski definition) is 2. The van der Waals surface area contributed by atoms with Gasteiger partial charge in [0, 0.05) is 6.54 Å². The molecule has 1 aliphatic heterocycles. The van der Waals surface area contributed by atoms with E-state index in [0.29, 0.717) is 5.41 Å². The molecule has 0 bridgehead atoms. The number of nitrogens with one attached hydrogen (secondary N) is 1. The zero-order valence-corrected chi connectivity index (χ0v) is 9.74. The van der Waals surface area contributed by atoms with Crippen LogP contribution >= 0.6 is 0 Å². The van der Waals surface area contributed by atoms with Gasteiger partial charge in [-0.25, -0.2) is 0 Å². The van der Waals surface area contributed by atoms with Gasteiger partial charge in [-0.1, -0.05) is 25.7 Å². The molecule has 3 nitrogen and oxygen atoms in total. The van der Waals surface area contributed by atoms with Crippen LogP contribution in [0.1, 0.15) is 44.9 Å². The molecule has 2 aliphatic carbocycles. The fourth-order valence-electron chi connectivity index (χ4n) is 4.34. The first-order chi connectivity index (χ1) is 7.71. The molecule has 3 atom stereocenters. The van der Waals surface area contributed by atoms with Crippen molar-refractivity contribution in [3.8, 4) is 0 Å². The topological polar surface area (TPSA) is 49.3 Å². The molecule has 1 heterocycles. The average molecular weight is 223 g/mol. The molecular weight excluding hydrogens is 202 g/mol. The number of carboxylic acid groups (broad SMARTS) is 1. The number of carboxylic acids is 1. The lowest BCUT2D eigenvalue weighted by atomic mass is 9.54. The molecular formula is C13H21NO2. The van der Waals surface area contributed by atoms with Crippen LogP contribution in [0.4, 0.5) is 0 Å². The molecule has 3 aliphatic rings. The zero-order chi connectivity index (χ0) is 11.2. The van der Waals surface area contributed by atoms with Gasteiger partial charge in [0.1, 0.15) is 6.04 Å². The lowest BCUT2D eigenvalue weighted by Gasteiger charge is -2.50. The fraction of sp³-hybridized carbons (Fsp3) is 0.923. The Morgan fingerprint density at radius 1 is 1.25 bits per heavy atom. The number of rotatable bonds is 2. The van der Waals surface area contributed by atoms with E-state index in [-0.39, 0.29) is 6.04 Å². The minimum absolute atomic E-state index is 0.274. The third kappa shape index (κ3) is 1.48. The molecule has 0 amide bonds. The molecule has 3 rings (SSSR count). The van der Waals surface area contributed by atoms with Gasteiger partial charge in [0.2, 0.25) is 0 Å². The summed E-state index contributed by atoms with van der Waals surface area (Å²) in [4.78, 5) is 11.0. The monoisotopic (exact) mass is 223 g/mol. The van der Waals surface area contributed by atoms with Gasteiger partial charge in [0.25, 0.3) is 0 Å². The summed E-state index contributed by atoms with van der Waals surface area (Å²) < 4.78 is 0. The van der Waals surface area contributed by atoms with Crippen molar-refractivity contribution in [1.29, 1.82) is 0 Å². The van der Waals surface area contributed by atoms with Crippen LogP contribution in [0, 0.1) is 17.3 Å². The molecule has 3 fully saturated rings. The molecule has 2 saturated carbocycles. The van der Waals surface area contributed by atoms with Gasteiger partial charge in [-0.15, -0.1) is 0 Å². The Hall–Kier alpha value is -0.570. The van der Waals surface area contributed by atoms with Gasteiger partial charge in [-0.3, -0.25) is 4.79 Å². The van der Waals surface area contributed by atoms with E-state index in [1.54, 1.807) is 0 Å². The third-order valence-electron chi connectivity index (χ3n) is 5.32. The second-order valence-electron chi connectivity index (χ2n) is 6.03. The number of hydrogen-bond acceptors (Lipinski definition) is 2. The van der Waals surface area contributed by atoms with Gasteiger partial charge < -0.3 is 10.4 Å². The first-order valence-corrected chi connectivity index (χ1v) is 6.67. The largest absolute Gasteiger partial charge is 0.480 e. The van der Waals surface area contributed by atoms with Gasteiger partial charge in [-0.2, -0.15) is 0 Å². The lowest BCUT2D eigenvalue weighted by molar-refractivity contribution is -0.139. The molecule has 2 N–H and O–H groups in total. The minimum atomic E-state index is -0.658. The van der Waals surface area contributed by atoms with E-state index in [1.165, 1.54) is 38.5 Å². The van der Waals surface area contributed by atoms with Crippen molar-refractivity contribution in [3.63, 3.8) is 0 Å². The highest BCUT2D eigenvalue weighted by atomic mass is 16.4. The Kier molecular flexibility index (Phi) is 2.46. The Morgan fingerprint density at radius 3 is 2.50 bits per heavy atom. The van der Waals surface area contributed by atoms with Crippen LogP contribution < -0.4 is 5.32 Å². The van der Waals surface area contributed by atoms with Crippen LogP contribution in [0.2, 0.25) is 0 Å². The second-order valence-corrected chi connectivity index (χ2v) is 6.03. The van der Waals surface area contributed by atoms with E-state index in [0.717, 1.165) is 24.8 Å². The van der Waals surface area contributed by atoms with Crippen LogP contribution in [0.3, 0.4) is 0 Å². The summed E-state index contributed by atoms with van der Waals surface area (Å²) in [7, 11) is 0. The van der Waals surface area contributed by atoms with Crippen molar-refractivity contribution in [2.45, 2.75) is 51.0 Å². The molecule has 0 aromatic carbocycles. The first-order valence-electron chi connectivity index (χ1n) is 6.67. The van der Waals surface area contributed by atoms with Crippen molar-refractivity contribution < 1.29 is 9.90 Å². The molecule has 0 unspecified atom stereocenters. The Bertz CT molecular complexity index is 298. The highest BCUT2D eigenvalue weighted by molar-refractivity contribution is 5.74. The van der Waals surface area contributed by atoms with Crippen LogP contribution in [0.25, 0.3) is 0 Å². The highest BCUT2D eigenvalue weighted by Gasteiger charge is 2.54. The SMILES string of the molecule is O=C(O)[C@@H]1C[C@@]2(CC[C@@H]2C2CCCC2)CN1. The summed E-state index contributed by atoms with van der Waals surface area (Å²) >= 11 is 0. The van der Waals surface area contributed by atoms with Gasteiger partial charge in [-0.05, 0) is 36.5 Å². The number of carbonyl (C=O) groups is 1. The number of aliphatic carboxylic acids is 1. The smallest absolute Gasteiger partial charge is 0.320 e. The standard InChI is InChI=1S/C13H21NO2/c15-12(16)11-7-13(8-14-11)6-5-10(13)9-3-1-2-4-9/h9-11,14H,1-8H2,(H,15,16)/t10-,11+,13+/m1/s1. The minimum Gasteiger partial charge on any atom is -0.480 e. The Balaban J connectivity index is 1.68. The van der Waals surface area contributed by atoms with E-state index in [4.69, 9.17) is 5.11 Å². The normalized spacial score (nSPS) is 43.8. The van der Waals surface area contributed by atoms with E-state index in [9.17, 15) is 4.79 Å². The van der Waals surface area contributed by atoms with Crippen molar-refractivity contribution in [3.05, 3.63) is 0 Å². The van der Waals surface area contributed by atoms with Crippen molar-refractivity contribution in [2.24, 2.45) is 17.3 Å². The molecule has 0 aromatic heterocycles. The van der Waals surface area contributed by atoms with E-state index in [1.807, 2.05) is 0 Å². The maximum Gasteiger partial charge on any atom is 0.320 e.